The molecule has 0 radical (unpaired) electrons. The molecule has 0 N–H and O–H groups in total. The first kappa shape index (κ1) is 25.5. The highest BCUT2D eigenvalue weighted by Crippen LogP contribution is 2.38. The minimum Gasteiger partial charge on any atom is -0.493 e. The molecule has 1 aliphatic carbocycles. The van der Waals surface area contributed by atoms with Gasteiger partial charge in [0.15, 0.2) is 11.5 Å². The van der Waals surface area contributed by atoms with Crippen molar-refractivity contribution in [3.63, 3.8) is 0 Å². The van der Waals surface area contributed by atoms with Crippen LogP contribution in [0.5, 0.6) is 11.5 Å². The molecular weight excluding hydrogens is 478 g/mol. The van der Waals surface area contributed by atoms with E-state index in [9.17, 15) is 9.59 Å². The highest BCUT2D eigenvalue weighted by atomic mass is 32.2. The molecule has 1 saturated heterocycles. The maximum atomic E-state index is 13.1. The Morgan fingerprint density at radius 2 is 1.74 bits per heavy atom. The molecule has 2 aromatic rings. The van der Waals surface area contributed by atoms with Crippen molar-refractivity contribution in [2.75, 3.05) is 7.11 Å². The van der Waals surface area contributed by atoms with Gasteiger partial charge < -0.3 is 9.47 Å². The van der Waals surface area contributed by atoms with E-state index >= 15 is 0 Å². The molecule has 5 nitrogen and oxygen atoms in total. The van der Waals surface area contributed by atoms with Gasteiger partial charge in [-0.15, -0.1) is 0 Å². The number of benzene rings is 2. The van der Waals surface area contributed by atoms with Crippen molar-refractivity contribution < 1.29 is 19.1 Å². The Morgan fingerprint density at radius 1 is 1.06 bits per heavy atom. The summed E-state index contributed by atoms with van der Waals surface area (Å²) in [7, 11) is 1.52. The SMILES string of the molecule is COc1cc(/C=C2/SC(=S)N(C3CCCCC3)C2=O)ccc1OC(=O)c1ccc(C(C)(C)C)cc1. The first-order chi connectivity index (χ1) is 16.7. The van der Waals surface area contributed by atoms with Gasteiger partial charge in [0.25, 0.3) is 5.91 Å². The second kappa shape index (κ2) is 10.5. The summed E-state index contributed by atoms with van der Waals surface area (Å²) in [6.45, 7) is 6.38. The first-order valence-corrected chi connectivity index (χ1v) is 13.2. The van der Waals surface area contributed by atoms with E-state index in [1.54, 1.807) is 35.2 Å². The van der Waals surface area contributed by atoms with Gasteiger partial charge in [0.05, 0.1) is 17.6 Å². The van der Waals surface area contributed by atoms with Gasteiger partial charge in [0, 0.05) is 6.04 Å². The van der Waals surface area contributed by atoms with E-state index in [2.05, 4.69) is 20.8 Å². The Morgan fingerprint density at radius 3 is 2.37 bits per heavy atom. The lowest BCUT2D eigenvalue weighted by Crippen LogP contribution is -2.39. The van der Waals surface area contributed by atoms with E-state index in [1.165, 1.54) is 25.3 Å². The van der Waals surface area contributed by atoms with Crippen molar-refractivity contribution in [3.8, 4) is 11.5 Å². The lowest BCUT2D eigenvalue weighted by Gasteiger charge is -2.29. The molecule has 7 heteroatoms. The van der Waals surface area contributed by atoms with Crippen LogP contribution in [0.1, 0.15) is 74.4 Å². The van der Waals surface area contributed by atoms with Crippen molar-refractivity contribution in [1.82, 2.24) is 4.90 Å². The molecule has 1 aliphatic heterocycles. The number of methoxy groups -OCH3 is 1. The second-order valence-electron chi connectivity index (χ2n) is 9.97. The standard InChI is InChI=1S/C28H31NO4S2/c1-28(2,3)20-13-11-19(12-14-20)26(31)33-22-15-10-18(16-23(22)32-4)17-24-25(30)29(27(34)35-24)21-8-6-5-7-9-21/h10-17,21H,5-9H2,1-4H3/b24-17+. The molecule has 2 aromatic carbocycles. The number of hydrogen-bond acceptors (Lipinski definition) is 6. The molecule has 1 amide bonds. The van der Waals surface area contributed by atoms with Crippen LogP contribution in [0.15, 0.2) is 47.4 Å². The van der Waals surface area contributed by atoms with Gasteiger partial charge in [-0.25, -0.2) is 4.79 Å². The van der Waals surface area contributed by atoms with Gasteiger partial charge in [0.1, 0.15) is 4.32 Å². The fourth-order valence-electron chi connectivity index (χ4n) is 4.41. The van der Waals surface area contributed by atoms with Crippen LogP contribution in [0.4, 0.5) is 0 Å². The average Bonchev–Trinajstić information content (AvgIpc) is 3.12. The average molecular weight is 510 g/mol. The Balaban J connectivity index is 1.49. The highest BCUT2D eigenvalue weighted by Gasteiger charge is 2.37. The smallest absolute Gasteiger partial charge is 0.343 e. The maximum Gasteiger partial charge on any atom is 0.343 e. The molecule has 0 unspecified atom stereocenters. The molecule has 0 aromatic heterocycles. The van der Waals surface area contributed by atoms with Crippen molar-refractivity contribution in [2.24, 2.45) is 0 Å². The molecule has 1 heterocycles. The van der Waals surface area contributed by atoms with E-state index in [0.29, 0.717) is 26.3 Å². The summed E-state index contributed by atoms with van der Waals surface area (Å²) in [4.78, 5) is 28.2. The summed E-state index contributed by atoms with van der Waals surface area (Å²) in [6.07, 6.45) is 7.33. The van der Waals surface area contributed by atoms with E-state index in [-0.39, 0.29) is 17.4 Å². The summed E-state index contributed by atoms with van der Waals surface area (Å²) < 4.78 is 11.7. The molecule has 0 bridgehead atoms. The van der Waals surface area contributed by atoms with Crippen LogP contribution in [-0.4, -0.2) is 34.2 Å². The van der Waals surface area contributed by atoms with Crippen molar-refractivity contribution in [2.45, 2.75) is 64.3 Å². The minimum absolute atomic E-state index is 0.00611. The van der Waals surface area contributed by atoms with Gasteiger partial charge in [-0.3, -0.25) is 9.69 Å². The molecule has 2 aliphatic rings. The lowest BCUT2D eigenvalue weighted by atomic mass is 9.87. The van der Waals surface area contributed by atoms with Crippen LogP contribution in [0.3, 0.4) is 0 Å². The molecule has 184 valence electrons. The fourth-order valence-corrected chi connectivity index (χ4v) is 5.81. The molecule has 0 spiro atoms. The van der Waals surface area contributed by atoms with Crippen molar-refractivity contribution in [3.05, 3.63) is 64.1 Å². The summed E-state index contributed by atoms with van der Waals surface area (Å²) in [5.41, 5.74) is 2.40. The van der Waals surface area contributed by atoms with Crippen molar-refractivity contribution >= 4 is 46.3 Å². The lowest BCUT2D eigenvalue weighted by molar-refractivity contribution is -0.124. The molecular formula is C28H31NO4S2. The van der Waals surface area contributed by atoms with E-state index in [4.69, 9.17) is 21.7 Å². The number of thioether (sulfide) groups is 1. The molecule has 1 saturated carbocycles. The van der Waals surface area contributed by atoms with Crippen LogP contribution in [0, 0.1) is 0 Å². The molecule has 35 heavy (non-hydrogen) atoms. The summed E-state index contributed by atoms with van der Waals surface area (Å²) in [6, 6.07) is 12.9. The van der Waals surface area contributed by atoms with Gasteiger partial charge in [-0.1, -0.05) is 82.2 Å². The largest absolute Gasteiger partial charge is 0.493 e. The number of rotatable bonds is 5. The van der Waals surface area contributed by atoms with Gasteiger partial charge in [0.2, 0.25) is 0 Å². The minimum atomic E-state index is -0.454. The summed E-state index contributed by atoms with van der Waals surface area (Å²) in [5.74, 6) is 0.260. The fraction of sp³-hybridized carbons (Fsp3) is 0.393. The first-order valence-electron chi connectivity index (χ1n) is 11.9. The van der Waals surface area contributed by atoms with Gasteiger partial charge >= 0.3 is 5.97 Å². The van der Waals surface area contributed by atoms with Crippen LogP contribution in [-0.2, 0) is 10.2 Å². The highest BCUT2D eigenvalue weighted by molar-refractivity contribution is 8.26. The maximum absolute atomic E-state index is 13.1. The predicted octanol–water partition coefficient (Wildman–Crippen LogP) is 6.75. The topological polar surface area (TPSA) is 55.8 Å². The monoisotopic (exact) mass is 509 g/mol. The zero-order valence-corrected chi connectivity index (χ0v) is 22.3. The van der Waals surface area contributed by atoms with Crippen LogP contribution >= 0.6 is 24.0 Å². The Hall–Kier alpha value is -2.64. The normalized spacial score (nSPS) is 18.3. The summed E-state index contributed by atoms with van der Waals surface area (Å²) in [5, 5.41) is 0. The predicted molar refractivity (Wildman–Crippen MR) is 145 cm³/mol. The van der Waals surface area contributed by atoms with E-state index < -0.39 is 5.97 Å². The summed E-state index contributed by atoms with van der Waals surface area (Å²) >= 11 is 6.87. The number of nitrogens with zero attached hydrogens (tertiary/aromatic N) is 1. The second-order valence-corrected chi connectivity index (χ2v) is 11.6. The van der Waals surface area contributed by atoms with Gasteiger partial charge in [-0.2, -0.15) is 0 Å². The zero-order chi connectivity index (χ0) is 25.2. The number of ether oxygens (including phenoxy) is 2. The Kier molecular flexibility index (Phi) is 7.67. The number of carbonyl (C=O) groups is 2. The number of amides is 1. The quantitative estimate of drug-likeness (QED) is 0.192. The number of thiocarbonyl (C=S) groups is 1. The van der Waals surface area contributed by atoms with Gasteiger partial charge in [-0.05, 0) is 59.7 Å². The van der Waals surface area contributed by atoms with Crippen LogP contribution in [0.2, 0.25) is 0 Å². The van der Waals surface area contributed by atoms with Crippen LogP contribution in [0.25, 0.3) is 6.08 Å². The van der Waals surface area contributed by atoms with E-state index in [0.717, 1.165) is 36.8 Å². The van der Waals surface area contributed by atoms with Crippen LogP contribution < -0.4 is 9.47 Å². The Bertz CT molecular complexity index is 1160. The third-order valence-corrected chi connectivity index (χ3v) is 7.77. The zero-order valence-electron chi connectivity index (χ0n) is 20.6. The number of carbonyl (C=O) groups excluding carboxylic acids is 2. The Labute approximate surface area is 216 Å². The third-order valence-electron chi connectivity index (χ3n) is 6.44. The van der Waals surface area contributed by atoms with Crippen molar-refractivity contribution in [1.29, 1.82) is 0 Å². The molecule has 4 rings (SSSR count). The molecule has 0 atom stereocenters. The van der Waals surface area contributed by atoms with E-state index in [1.807, 2.05) is 18.2 Å². The molecule has 2 fully saturated rings. The number of hydrogen-bond donors (Lipinski definition) is 0. The third kappa shape index (κ3) is 5.78. The number of esters is 1.